The van der Waals surface area contributed by atoms with E-state index in [1.54, 1.807) is 0 Å². The van der Waals surface area contributed by atoms with Gasteiger partial charge in [0.25, 0.3) is 0 Å². The molecule has 5 aliphatic rings. The smallest absolute Gasteiger partial charge is 0.249 e. The minimum Gasteiger partial charge on any atom is -0.457 e. The Morgan fingerprint density at radius 1 is 0.344 bits per heavy atom. The van der Waals surface area contributed by atoms with E-state index in [2.05, 4.69) is 186 Å². The van der Waals surface area contributed by atoms with Crippen LogP contribution in [0, 0.1) is 41.5 Å². The van der Waals surface area contributed by atoms with Crippen LogP contribution >= 0.6 is 0 Å². The second-order valence-electron chi connectivity index (χ2n) is 26.5. The Balaban J connectivity index is 1.13. The number of aromatic nitrogens is 4. The summed E-state index contributed by atoms with van der Waals surface area (Å²) in [5.74, 6) is 6.02. The molecule has 2 unspecified atom stereocenters. The number of imidazole rings is 2. The Bertz CT molecular complexity index is 3660. The highest BCUT2D eigenvalue weighted by Crippen LogP contribution is 2.57. The molecule has 0 radical (unpaired) electrons. The van der Waals surface area contributed by atoms with E-state index in [1.165, 1.54) is 78.1 Å². The van der Waals surface area contributed by atoms with Gasteiger partial charge in [0.1, 0.15) is 95.2 Å². The molecule has 6 aromatic carbocycles. The molecule has 0 spiro atoms. The Morgan fingerprint density at radius 3 is 0.944 bits per heavy atom. The molecule has 8 aromatic rings. The largest absolute Gasteiger partial charge is 0.457 e. The number of unbranched alkanes of at least 4 members (excludes halogenated alkanes) is 8. The molecule has 0 saturated heterocycles. The van der Waals surface area contributed by atoms with Gasteiger partial charge in [-0.2, -0.15) is 0 Å². The van der Waals surface area contributed by atoms with Gasteiger partial charge >= 0.3 is 0 Å². The van der Waals surface area contributed by atoms with Gasteiger partial charge in [-0.25, -0.2) is 18.3 Å². The first-order valence-corrected chi connectivity index (χ1v) is 34.0. The van der Waals surface area contributed by atoms with E-state index in [0.29, 0.717) is 13.1 Å². The van der Waals surface area contributed by atoms with Crippen LogP contribution in [0.1, 0.15) is 243 Å². The lowest BCUT2D eigenvalue weighted by molar-refractivity contribution is -0.687. The van der Waals surface area contributed by atoms with Crippen molar-refractivity contribution >= 4 is 0 Å². The van der Waals surface area contributed by atoms with E-state index < -0.39 is 0 Å². The fraction of sp³-hybridized carbons (Fsp3) is 0.462. The molecule has 0 saturated carbocycles. The third-order valence-electron chi connectivity index (χ3n) is 20.0. The quantitative estimate of drug-likeness (QED) is 0.0490. The van der Waals surface area contributed by atoms with Crippen molar-refractivity contribution in [3.63, 3.8) is 0 Å². The fourth-order valence-electron chi connectivity index (χ4n) is 16.0. The minimum atomic E-state index is -0.149. The zero-order chi connectivity index (χ0) is 62.2. The molecule has 1 aliphatic carbocycles. The molecule has 0 fully saturated rings. The first-order valence-electron chi connectivity index (χ1n) is 34.0. The Hall–Kier alpha value is -7.86. The van der Waals surface area contributed by atoms with Gasteiger partial charge in [-0.3, -0.25) is 0 Å². The van der Waals surface area contributed by atoms with Crippen LogP contribution in [-0.2, 0) is 13.1 Å². The highest BCUT2D eigenvalue weighted by Gasteiger charge is 2.41. The second-order valence-corrected chi connectivity index (χ2v) is 26.5. The number of nitrogens with zero attached hydrogens (tertiary/aromatic N) is 4. The molecular weight excluding hydrogens is 1120 g/mol. The molecule has 12 heteroatoms. The summed E-state index contributed by atoms with van der Waals surface area (Å²) in [6.07, 6.45) is 29.7. The van der Waals surface area contributed by atoms with Crippen molar-refractivity contribution in [3.05, 3.63) is 187 Å². The van der Waals surface area contributed by atoms with Gasteiger partial charge in [0.2, 0.25) is 39.8 Å². The molecule has 8 bridgehead atoms. The number of aryl methyl sites for hydroxylation is 6. The number of benzene rings is 6. The standard InChI is InChI=1S/C78H94N4O8/c1-11-15-19-23-55-59-35-61-56(24-20-16-12-2)63-37-65-58(26-22-18-14-4)66-38-64-57(25-21-17-13-3)62-36-60(55)70-40-72(62)86-47-88-76(64)68(42-80-28-30-82(44-80)74-53(9)33-50(6)34-54(74)10)78(66)90-48-89-77(65)67(75(63)87-46-85-71(61)39-69(59)83-45-84-70)41-79-27-29-81(43-79)73-51(7)31-49(5)32-52(73)8/h27-40,43-44,55-58H,11-26,41-42,45-48H2,1-10H3/q+2. The van der Waals surface area contributed by atoms with Crippen molar-refractivity contribution in [2.24, 2.45) is 0 Å². The summed E-state index contributed by atoms with van der Waals surface area (Å²) in [6, 6.07) is 23.4. The molecule has 12 nitrogen and oxygen atoms in total. The van der Waals surface area contributed by atoms with Crippen molar-refractivity contribution in [1.29, 1.82) is 0 Å². The summed E-state index contributed by atoms with van der Waals surface area (Å²) < 4.78 is 66.0. The van der Waals surface area contributed by atoms with Gasteiger partial charge in [-0.05, 0) is 114 Å². The zero-order valence-corrected chi connectivity index (χ0v) is 55.2. The minimum absolute atomic E-state index is 0.00169. The Labute approximate surface area is 534 Å². The van der Waals surface area contributed by atoms with E-state index in [-0.39, 0.29) is 50.8 Å². The van der Waals surface area contributed by atoms with Gasteiger partial charge in [0, 0.05) is 80.3 Å². The summed E-state index contributed by atoms with van der Waals surface area (Å²) in [6.45, 7) is 23.4. The van der Waals surface area contributed by atoms with Gasteiger partial charge < -0.3 is 37.9 Å². The van der Waals surface area contributed by atoms with Gasteiger partial charge in [-0.1, -0.05) is 140 Å². The van der Waals surface area contributed by atoms with E-state index in [4.69, 9.17) is 37.9 Å². The highest BCUT2D eigenvalue weighted by molar-refractivity contribution is 5.68. The molecule has 0 N–H and O–H groups in total. The molecular formula is C78H94N4O8+2. The van der Waals surface area contributed by atoms with E-state index >= 15 is 0 Å². The monoisotopic (exact) mass is 1210 g/mol. The van der Waals surface area contributed by atoms with E-state index in [0.717, 1.165) is 171 Å². The lowest BCUT2D eigenvalue weighted by Crippen LogP contribution is -2.34. The second kappa shape index (κ2) is 26.5. The number of hydrogen-bond acceptors (Lipinski definition) is 8. The third-order valence-corrected chi connectivity index (χ3v) is 20.0. The van der Waals surface area contributed by atoms with Crippen LogP contribution in [0.25, 0.3) is 11.4 Å². The van der Waals surface area contributed by atoms with Crippen LogP contribution < -0.4 is 47.0 Å². The molecule has 0 amide bonds. The maximum absolute atomic E-state index is 7.40. The maximum Gasteiger partial charge on any atom is 0.249 e. The predicted octanol–water partition coefficient (Wildman–Crippen LogP) is 17.9. The SMILES string of the molecule is CCCCCC1c2cc3c4cc2OCOc2cc5c(cc21)C(CCCCC)c1cc2c(c(C[n+]6ccn(-c7c(C)cc(C)cc7C)c6)c1OCO5)OCOc1c(cc(c(c1C[n+]1ccn(-c5c(C)cc(C)cc5C)c1)OCO4)C3CCCCC)C2CCCCC. The Kier molecular flexibility index (Phi) is 18.0. The molecule has 2 atom stereocenters. The topological polar surface area (TPSA) is 91.5 Å². The molecule has 13 rings (SSSR count). The lowest BCUT2D eigenvalue weighted by atomic mass is 9.75. The van der Waals surface area contributed by atoms with Crippen LogP contribution in [0.3, 0.4) is 0 Å². The van der Waals surface area contributed by atoms with Gasteiger partial charge in [0.05, 0.1) is 11.1 Å². The van der Waals surface area contributed by atoms with Crippen molar-refractivity contribution in [2.45, 2.75) is 209 Å². The summed E-state index contributed by atoms with van der Waals surface area (Å²) >= 11 is 0. The van der Waals surface area contributed by atoms with Gasteiger partial charge in [0.15, 0.2) is 0 Å². The van der Waals surface area contributed by atoms with Crippen molar-refractivity contribution in [1.82, 2.24) is 9.13 Å². The van der Waals surface area contributed by atoms with Gasteiger partial charge in [-0.15, -0.1) is 0 Å². The highest BCUT2D eigenvalue weighted by atomic mass is 16.7. The first-order chi connectivity index (χ1) is 43.9. The van der Waals surface area contributed by atoms with Crippen LogP contribution in [0.4, 0.5) is 0 Å². The van der Waals surface area contributed by atoms with Crippen molar-refractivity contribution in [3.8, 4) is 57.4 Å². The number of ether oxygens (including phenoxy) is 8. The van der Waals surface area contributed by atoms with Crippen LogP contribution in [0.2, 0.25) is 0 Å². The summed E-state index contributed by atoms with van der Waals surface area (Å²) in [5.41, 5.74) is 21.1. The molecule has 4 aliphatic heterocycles. The summed E-state index contributed by atoms with van der Waals surface area (Å²) in [5, 5.41) is 0. The lowest BCUT2D eigenvalue weighted by Gasteiger charge is -2.36. The van der Waals surface area contributed by atoms with E-state index in [1.807, 2.05) is 0 Å². The van der Waals surface area contributed by atoms with Crippen LogP contribution in [0.5, 0.6) is 46.0 Å². The number of hydrogen-bond donors (Lipinski definition) is 0. The van der Waals surface area contributed by atoms with Crippen LogP contribution in [-0.4, -0.2) is 36.3 Å². The predicted molar refractivity (Wildman–Crippen MR) is 353 cm³/mol. The van der Waals surface area contributed by atoms with Crippen molar-refractivity contribution in [2.75, 3.05) is 27.2 Å². The average molecular weight is 1220 g/mol. The summed E-state index contributed by atoms with van der Waals surface area (Å²) in [4.78, 5) is 0. The molecule has 6 heterocycles. The third kappa shape index (κ3) is 11.8. The number of rotatable bonds is 22. The van der Waals surface area contributed by atoms with Crippen LogP contribution in [0.15, 0.2) is 98.1 Å². The molecule has 90 heavy (non-hydrogen) atoms. The Morgan fingerprint density at radius 2 is 0.622 bits per heavy atom. The fourth-order valence-corrected chi connectivity index (χ4v) is 16.0. The summed E-state index contributed by atoms with van der Waals surface area (Å²) in [7, 11) is 0. The van der Waals surface area contributed by atoms with Crippen molar-refractivity contribution < 1.29 is 47.0 Å². The van der Waals surface area contributed by atoms with E-state index in [9.17, 15) is 0 Å². The normalized spacial score (nSPS) is 17.4. The average Bonchev–Trinajstić information content (AvgIpc) is 0.796. The first kappa shape index (κ1) is 61.0. The molecule has 2 aromatic heterocycles. The molecule has 472 valence electrons. The maximum atomic E-state index is 7.40. The zero-order valence-electron chi connectivity index (χ0n) is 55.2.